The first-order valence-electron chi connectivity index (χ1n) is 11.2. The molecule has 0 aliphatic carbocycles. The molecule has 0 fully saturated rings. The van der Waals surface area contributed by atoms with Crippen LogP contribution in [0.3, 0.4) is 0 Å². The molecule has 0 N–H and O–H groups in total. The Kier molecular flexibility index (Phi) is 4.69. The topological polar surface area (TPSA) is 69.1 Å². The molecule has 0 saturated heterocycles. The van der Waals surface area contributed by atoms with Gasteiger partial charge in [0, 0.05) is 29.6 Å². The summed E-state index contributed by atoms with van der Waals surface area (Å²) >= 11 is 0. The number of hydrogen-bond donors (Lipinski definition) is 0. The SMILES string of the molecule is Cc1ccc(-n2nc3c(c2-n2cccc2)CN(C(=O)c2cc(-c4ccccc4)on2)C3)c(C)c1. The molecule has 5 aromatic rings. The first-order chi connectivity index (χ1) is 16.6. The number of carbonyl (C=O) groups is 1. The van der Waals surface area contributed by atoms with E-state index in [4.69, 9.17) is 9.62 Å². The molecule has 3 aromatic heterocycles. The summed E-state index contributed by atoms with van der Waals surface area (Å²) in [6.45, 7) is 5.07. The fraction of sp³-hybridized carbons (Fsp3) is 0.148. The largest absolute Gasteiger partial charge is 0.355 e. The van der Waals surface area contributed by atoms with Crippen molar-refractivity contribution in [3.63, 3.8) is 0 Å². The van der Waals surface area contributed by atoms with E-state index >= 15 is 0 Å². The van der Waals surface area contributed by atoms with E-state index in [1.807, 2.05) is 59.5 Å². The highest BCUT2D eigenvalue weighted by atomic mass is 16.5. The van der Waals surface area contributed by atoms with Gasteiger partial charge in [-0.05, 0) is 37.6 Å². The molecule has 0 unspecified atom stereocenters. The Morgan fingerprint density at radius 2 is 1.74 bits per heavy atom. The Labute approximate surface area is 196 Å². The third-order valence-corrected chi connectivity index (χ3v) is 6.23. The third-order valence-electron chi connectivity index (χ3n) is 6.23. The van der Waals surface area contributed by atoms with Crippen molar-refractivity contribution in [2.24, 2.45) is 0 Å². The zero-order chi connectivity index (χ0) is 23.2. The normalized spacial score (nSPS) is 12.8. The van der Waals surface area contributed by atoms with Crippen LogP contribution >= 0.6 is 0 Å². The zero-order valence-corrected chi connectivity index (χ0v) is 19.0. The van der Waals surface area contributed by atoms with Crippen molar-refractivity contribution in [3.05, 3.63) is 107 Å². The average Bonchev–Trinajstić information content (AvgIpc) is 3.63. The molecule has 1 aliphatic heterocycles. The monoisotopic (exact) mass is 449 g/mol. The van der Waals surface area contributed by atoms with Crippen molar-refractivity contribution in [2.45, 2.75) is 26.9 Å². The molecule has 0 radical (unpaired) electrons. The second kappa shape index (κ2) is 7.88. The lowest BCUT2D eigenvalue weighted by Gasteiger charge is -2.17. The second-order valence-corrected chi connectivity index (χ2v) is 8.64. The van der Waals surface area contributed by atoms with Gasteiger partial charge in [0.25, 0.3) is 5.91 Å². The molecule has 0 atom stereocenters. The predicted octanol–water partition coefficient (Wildman–Crippen LogP) is 5.09. The molecule has 168 valence electrons. The van der Waals surface area contributed by atoms with Gasteiger partial charge in [-0.3, -0.25) is 4.79 Å². The van der Waals surface area contributed by atoms with E-state index in [0.29, 0.717) is 24.5 Å². The minimum Gasteiger partial charge on any atom is -0.355 e. The van der Waals surface area contributed by atoms with Crippen LogP contribution in [0, 0.1) is 13.8 Å². The maximum absolute atomic E-state index is 13.3. The van der Waals surface area contributed by atoms with Crippen LogP contribution in [0.2, 0.25) is 0 Å². The highest BCUT2D eigenvalue weighted by Gasteiger charge is 2.33. The third kappa shape index (κ3) is 3.33. The van der Waals surface area contributed by atoms with Crippen LogP contribution in [0.15, 0.2) is 83.6 Å². The summed E-state index contributed by atoms with van der Waals surface area (Å²) < 4.78 is 9.50. The lowest BCUT2D eigenvalue weighted by molar-refractivity contribution is 0.0738. The van der Waals surface area contributed by atoms with Gasteiger partial charge in [0.15, 0.2) is 11.5 Å². The summed E-state index contributed by atoms with van der Waals surface area (Å²) in [5.41, 5.74) is 6.51. The van der Waals surface area contributed by atoms with E-state index in [2.05, 4.69) is 41.8 Å². The molecule has 1 amide bonds. The number of aryl methyl sites for hydroxylation is 2. The standard InChI is InChI=1S/C27H23N5O2/c1-18-10-11-24(19(2)14-18)32-26(30-12-6-7-13-30)21-16-31(17-23(21)28-32)27(33)22-15-25(34-29-22)20-8-4-3-5-9-20/h3-15H,16-17H2,1-2H3. The number of hydrogen-bond acceptors (Lipinski definition) is 4. The van der Waals surface area contributed by atoms with E-state index in [1.54, 1.807) is 11.0 Å². The predicted molar refractivity (Wildman–Crippen MR) is 128 cm³/mol. The summed E-state index contributed by atoms with van der Waals surface area (Å²) in [6.07, 6.45) is 4.01. The Morgan fingerprint density at radius 3 is 2.50 bits per heavy atom. The van der Waals surface area contributed by atoms with Crippen molar-refractivity contribution < 1.29 is 9.32 Å². The Morgan fingerprint density at radius 1 is 0.941 bits per heavy atom. The number of carbonyl (C=O) groups excluding carboxylic acids is 1. The van der Waals surface area contributed by atoms with Crippen molar-refractivity contribution in [3.8, 4) is 22.8 Å². The van der Waals surface area contributed by atoms with Gasteiger partial charge in [-0.2, -0.15) is 5.10 Å². The first kappa shape index (κ1) is 20.2. The van der Waals surface area contributed by atoms with Crippen LogP contribution in [-0.4, -0.2) is 30.3 Å². The van der Waals surface area contributed by atoms with Crippen LogP contribution in [0.25, 0.3) is 22.8 Å². The summed E-state index contributed by atoms with van der Waals surface area (Å²) in [7, 11) is 0. The molecule has 0 spiro atoms. The molecule has 2 aromatic carbocycles. The molecule has 7 nitrogen and oxygen atoms in total. The van der Waals surface area contributed by atoms with Crippen molar-refractivity contribution in [1.82, 2.24) is 24.4 Å². The highest BCUT2D eigenvalue weighted by Crippen LogP contribution is 2.32. The fourth-order valence-electron chi connectivity index (χ4n) is 4.57. The van der Waals surface area contributed by atoms with Gasteiger partial charge in [0.05, 0.1) is 24.5 Å². The number of nitrogens with zero attached hydrogens (tertiary/aromatic N) is 5. The van der Waals surface area contributed by atoms with Crippen LogP contribution in [0.1, 0.15) is 32.9 Å². The molecule has 0 bridgehead atoms. The van der Waals surface area contributed by atoms with Gasteiger partial charge in [-0.15, -0.1) is 0 Å². The van der Waals surface area contributed by atoms with Gasteiger partial charge in [-0.1, -0.05) is 53.2 Å². The molecule has 0 saturated carbocycles. The molecule has 6 rings (SSSR count). The maximum Gasteiger partial charge on any atom is 0.276 e. The number of benzene rings is 2. The minimum atomic E-state index is -0.166. The first-order valence-corrected chi connectivity index (χ1v) is 11.2. The number of rotatable bonds is 4. The van der Waals surface area contributed by atoms with E-state index in [9.17, 15) is 4.79 Å². The molecule has 34 heavy (non-hydrogen) atoms. The molecule has 1 aliphatic rings. The Bertz CT molecular complexity index is 1500. The van der Waals surface area contributed by atoms with Gasteiger partial charge >= 0.3 is 0 Å². The molecular weight excluding hydrogens is 426 g/mol. The molecular formula is C27H23N5O2. The van der Waals surface area contributed by atoms with Gasteiger partial charge < -0.3 is 14.0 Å². The average molecular weight is 450 g/mol. The van der Waals surface area contributed by atoms with Gasteiger partial charge in [-0.25, -0.2) is 4.68 Å². The molecule has 7 heteroatoms. The Balaban J connectivity index is 1.34. The lowest BCUT2D eigenvalue weighted by atomic mass is 10.1. The van der Waals surface area contributed by atoms with Crippen LogP contribution in [0.4, 0.5) is 0 Å². The van der Waals surface area contributed by atoms with Gasteiger partial charge in [0.1, 0.15) is 5.82 Å². The van der Waals surface area contributed by atoms with E-state index in [-0.39, 0.29) is 5.91 Å². The smallest absolute Gasteiger partial charge is 0.276 e. The zero-order valence-electron chi connectivity index (χ0n) is 19.0. The van der Waals surface area contributed by atoms with Crippen molar-refractivity contribution in [1.29, 1.82) is 0 Å². The second-order valence-electron chi connectivity index (χ2n) is 8.64. The summed E-state index contributed by atoms with van der Waals surface area (Å²) in [5, 5.41) is 8.99. The van der Waals surface area contributed by atoms with Gasteiger partial charge in [0.2, 0.25) is 0 Å². The quantitative estimate of drug-likeness (QED) is 0.383. The Hall–Kier alpha value is -4.39. The number of fused-ring (bicyclic) bond motifs is 1. The van der Waals surface area contributed by atoms with Crippen molar-refractivity contribution in [2.75, 3.05) is 0 Å². The summed E-state index contributed by atoms with van der Waals surface area (Å²) in [6, 6.07) is 21.7. The van der Waals surface area contributed by atoms with E-state index in [1.165, 1.54) is 5.56 Å². The van der Waals surface area contributed by atoms with Crippen LogP contribution < -0.4 is 0 Å². The van der Waals surface area contributed by atoms with E-state index in [0.717, 1.165) is 33.9 Å². The molecule has 4 heterocycles. The lowest BCUT2D eigenvalue weighted by Crippen LogP contribution is -2.26. The highest BCUT2D eigenvalue weighted by molar-refractivity contribution is 5.93. The summed E-state index contributed by atoms with van der Waals surface area (Å²) in [4.78, 5) is 15.0. The van der Waals surface area contributed by atoms with Crippen molar-refractivity contribution >= 4 is 5.91 Å². The maximum atomic E-state index is 13.3. The van der Waals surface area contributed by atoms with E-state index < -0.39 is 0 Å². The van der Waals surface area contributed by atoms with Crippen LogP contribution in [-0.2, 0) is 13.1 Å². The number of amides is 1. The number of aromatic nitrogens is 4. The fourth-order valence-corrected chi connectivity index (χ4v) is 4.57. The minimum absolute atomic E-state index is 0.166. The van der Waals surface area contributed by atoms with Crippen LogP contribution in [0.5, 0.6) is 0 Å². The summed E-state index contributed by atoms with van der Waals surface area (Å²) in [5.74, 6) is 1.36.